The summed E-state index contributed by atoms with van der Waals surface area (Å²) >= 11 is 0. The molecular weight excluding hydrogens is 452 g/mol. The SMILES string of the molecule is Cc1ccc(C2=NN(S(=O)(=O)c3ccc(C)cc3)C(Cc3ccccc3)(c3ccccc3)C2)cc1. The third-order valence-electron chi connectivity index (χ3n) is 6.62. The van der Waals surface area contributed by atoms with Crippen molar-refractivity contribution in [3.05, 3.63) is 137 Å². The Morgan fingerprint density at radius 3 is 1.89 bits per heavy atom. The molecule has 4 nitrogen and oxygen atoms in total. The summed E-state index contributed by atoms with van der Waals surface area (Å²) in [5.74, 6) is 0. The van der Waals surface area contributed by atoms with Gasteiger partial charge in [0.15, 0.2) is 0 Å². The Hall–Kier alpha value is -3.70. The van der Waals surface area contributed by atoms with Crippen molar-refractivity contribution in [3.8, 4) is 0 Å². The van der Waals surface area contributed by atoms with Crippen LogP contribution < -0.4 is 0 Å². The van der Waals surface area contributed by atoms with E-state index >= 15 is 0 Å². The zero-order chi connectivity index (χ0) is 24.5. The van der Waals surface area contributed by atoms with Crippen molar-refractivity contribution < 1.29 is 8.42 Å². The maximum atomic E-state index is 14.2. The van der Waals surface area contributed by atoms with Gasteiger partial charge in [-0.25, -0.2) is 0 Å². The number of nitrogens with zero attached hydrogens (tertiary/aromatic N) is 2. The minimum Gasteiger partial charge on any atom is -0.200 e. The molecule has 0 bridgehead atoms. The standard InChI is InChI=1S/C30H28N2O2S/c1-23-13-17-26(18-14-23)29-22-30(27-11-7-4-8-12-27,21-25-9-5-3-6-10-25)32(31-29)35(33,34)28-19-15-24(2)16-20-28/h3-20H,21-22H2,1-2H3. The summed E-state index contributed by atoms with van der Waals surface area (Å²) in [6.45, 7) is 3.99. The van der Waals surface area contributed by atoms with Gasteiger partial charge in [-0.3, -0.25) is 0 Å². The van der Waals surface area contributed by atoms with E-state index in [4.69, 9.17) is 5.10 Å². The number of sulfonamides is 1. The molecule has 1 unspecified atom stereocenters. The van der Waals surface area contributed by atoms with Gasteiger partial charge in [0.25, 0.3) is 10.0 Å². The van der Waals surface area contributed by atoms with Crippen LogP contribution in [0.15, 0.2) is 119 Å². The van der Waals surface area contributed by atoms with Crippen molar-refractivity contribution >= 4 is 15.7 Å². The molecule has 1 heterocycles. The number of benzene rings is 4. The van der Waals surface area contributed by atoms with Crippen molar-refractivity contribution in [2.24, 2.45) is 5.10 Å². The fourth-order valence-corrected chi connectivity index (χ4v) is 6.29. The predicted octanol–water partition coefficient (Wildman–Crippen LogP) is 6.24. The summed E-state index contributed by atoms with van der Waals surface area (Å²) in [7, 11) is -3.93. The highest BCUT2D eigenvalue weighted by molar-refractivity contribution is 7.89. The van der Waals surface area contributed by atoms with Crippen molar-refractivity contribution in [2.75, 3.05) is 0 Å². The quantitative estimate of drug-likeness (QED) is 0.328. The lowest BCUT2D eigenvalue weighted by molar-refractivity contribution is 0.221. The van der Waals surface area contributed by atoms with Gasteiger partial charge in [-0.05, 0) is 42.7 Å². The van der Waals surface area contributed by atoms with Crippen LogP contribution in [0.3, 0.4) is 0 Å². The molecule has 0 radical (unpaired) electrons. The minimum absolute atomic E-state index is 0.241. The summed E-state index contributed by atoms with van der Waals surface area (Å²) in [6, 6.07) is 35.1. The van der Waals surface area contributed by atoms with Crippen molar-refractivity contribution in [1.29, 1.82) is 0 Å². The summed E-state index contributed by atoms with van der Waals surface area (Å²) in [4.78, 5) is 0.241. The van der Waals surface area contributed by atoms with E-state index in [0.717, 1.165) is 33.5 Å². The molecular formula is C30H28N2O2S. The molecule has 0 aromatic heterocycles. The summed E-state index contributed by atoms with van der Waals surface area (Å²) < 4.78 is 29.7. The second-order valence-electron chi connectivity index (χ2n) is 9.21. The van der Waals surface area contributed by atoms with E-state index in [-0.39, 0.29) is 4.90 Å². The van der Waals surface area contributed by atoms with Gasteiger partial charge in [-0.15, -0.1) is 0 Å². The average molecular weight is 481 g/mol. The van der Waals surface area contributed by atoms with Crippen molar-refractivity contribution in [2.45, 2.75) is 37.1 Å². The molecule has 0 N–H and O–H groups in total. The summed E-state index contributed by atoms with van der Waals surface area (Å²) in [5.41, 5.74) is 4.94. The Balaban J connectivity index is 1.72. The molecule has 4 aromatic rings. The topological polar surface area (TPSA) is 49.7 Å². The number of hydrogen-bond donors (Lipinski definition) is 0. The molecule has 0 fully saturated rings. The second kappa shape index (κ2) is 9.16. The highest BCUT2D eigenvalue weighted by atomic mass is 32.2. The summed E-state index contributed by atoms with van der Waals surface area (Å²) in [5, 5.41) is 4.85. The molecule has 4 aromatic carbocycles. The third-order valence-corrected chi connectivity index (χ3v) is 8.37. The van der Waals surface area contributed by atoms with Crippen LogP contribution in [0, 0.1) is 13.8 Å². The average Bonchev–Trinajstić information content (AvgIpc) is 3.27. The zero-order valence-corrected chi connectivity index (χ0v) is 20.7. The van der Waals surface area contributed by atoms with Gasteiger partial charge in [-0.1, -0.05) is 108 Å². The molecule has 1 aliphatic heterocycles. The van der Waals surface area contributed by atoms with Crippen molar-refractivity contribution in [1.82, 2.24) is 4.41 Å². The first kappa shape index (κ1) is 23.1. The van der Waals surface area contributed by atoms with Gasteiger partial charge in [0, 0.05) is 12.8 Å². The lowest BCUT2D eigenvalue weighted by atomic mass is 9.80. The first-order chi connectivity index (χ1) is 16.9. The Morgan fingerprint density at radius 2 is 1.29 bits per heavy atom. The van der Waals surface area contributed by atoms with Crippen LogP contribution in [0.25, 0.3) is 0 Å². The number of hydrazone groups is 1. The monoisotopic (exact) mass is 480 g/mol. The number of rotatable bonds is 6. The molecule has 5 rings (SSSR count). The first-order valence-electron chi connectivity index (χ1n) is 11.7. The molecule has 35 heavy (non-hydrogen) atoms. The lowest BCUT2D eigenvalue weighted by Gasteiger charge is -2.37. The number of hydrogen-bond acceptors (Lipinski definition) is 3. The largest absolute Gasteiger partial charge is 0.279 e. The molecule has 5 heteroatoms. The normalized spacial score (nSPS) is 17.9. The molecule has 0 spiro atoms. The van der Waals surface area contributed by atoms with Gasteiger partial charge >= 0.3 is 0 Å². The zero-order valence-electron chi connectivity index (χ0n) is 19.9. The van der Waals surface area contributed by atoms with Crippen LogP contribution in [-0.2, 0) is 22.0 Å². The van der Waals surface area contributed by atoms with Crippen LogP contribution in [0.4, 0.5) is 0 Å². The highest BCUT2D eigenvalue weighted by Crippen LogP contribution is 2.45. The Kier molecular flexibility index (Phi) is 6.03. The first-order valence-corrected chi connectivity index (χ1v) is 13.2. The van der Waals surface area contributed by atoms with Crippen LogP contribution in [0.1, 0.15) is 34.2 Å². The Labute approximate surface area is 207 Å². The van der Waals surface area contributed by atoms with Crippen molar-refractivity contribution in [3.63, 3.8) is 0 Å². The van der Waals surface area contributed by atoms with E-state index in [1.54, 1.807) is 12.1 Å². The van der Waals surface area contributed by atoms with E-state index in [2.05, 4.69) is 0 Å². The number of aryl methyl sites for hydroxylation is 2. The van der Waals surface area contributed by atoms with Gasteiger partial charge in [0.1, 0.15) is 5.54 Å². The molecule has 0 saturated heterocycles. The minimum atomic E-state index is -3.93. The van der Waals surface area contributed by atoms with Crippen LogP contribution in [0.5, 0.6) is 0 Å². The molecule has 0 amide bonds. The van der Waals surface area contributed by atoms with Gasteiger partial charge in [0.05, 0.1) is 10.6 Å². The maximum absolute atomic E-state index is 14.2. The molecule has 0 aliphatic carbocycles. The van der Waals surface area contributed by atoms with Crippen LogP contribution in [-0.4, -0.2) is 18.5 Å². The fraction of sp³-hybridized carbons (Fsp3) is 0.167. The fourth-order valence-electron chi connectivity index (χ4n) is 4.71. The van der Waals surface area contributed by atoms with Gasteiger partial charge in [-0.2, -0.15) is 17.9 Å². The molecule has 176 valence electrons. The molecule has 1 atom stereocenters. The van der Waals surface area contributed by atoms with Gasteiger partial charge in [0.2, 0.25) is 0 Å². The lowest BCUT2D eigenvalue weighted by Crippen LogP contribution is -2.45. The Morgan fingerprint density at radius 1 is 0.743 bits per heavy atom. The van der Waals surface area contributed by atoms with E-state index in [1.165, 1.54) is 4.41 Å². The molecule has 1 aliphatic rings. The Bertz CT molecular complexity index is 1450. The van der Waals surface area contributed by atoms with Gasteiger partial charge < -0.3 is 0 Å². The predicted molar refractivity (Wildman–Crippen MR) is 141 cm³/mol. The summed E-state index contributed by atoms with van der Waals surface area (Å²) in [6.07, 6.45) is 0.974. The van der Waals surface area contributed by atoms with Crippen LogP contribution >= 0.6 is 0 Å². The highest BCUT2D eigenvalue weighted by Gasteiger charge is 2.50. The smallest absolute Gasteiger partial charge is 0.200 e. The van der Waals surface area contributed by atoms with Crippen LogP contribution in [0.2, 0.25) is 0 Å². The van der Waals surface area contributed by atoms with E-state index in [0.29, 0.717) is 12.8 Å². The third kappa shape index (κ3) is 4.40. The van der Waals surface area contributed by atoms with E-state index < -0.39 is 15.6 Å². The molecule has 0 saturated carbocycles. The van der Waals surface area contributed by atoms with E-state index in [1.807, 2.05) is 111 Å². The second-order valence-corrected chi connectivity index (χ2v) is 11.0. The van der Waals surface area contributed by atoms with E-state index in [9.17, 15) is 8.42 Å². The maximum Gasteiger partial charge on any atom is 0.279 e.